The van der Waals surface area contributed by atoms with Crippen LogP contribution in [0.15, 0.2) is 42.9 Å². The molecule has 0 fully saturated rings. The number of halogens is 3. The number of nitrogens with one attached hydrogen (secondary N) is 3. The summed E-state index contributed by atoms with van der Waals surface area (Å²) in [4.78, 5) is 8.43. The number of H-pyrrole nitrogens is 3. The molecule has 3 aromatic rings. The Labute approximate surface area is 106 Å². The van der Waals surface area contributed by atoms with Crippen molar-refractivity contribution in [1.29, 1.82) is 0 Å². The predicted molar refractivity (Wildman–Crippen MR) is 65.4 cm³/mol. The van der Waals surface area contributed by atoms with Crippen molar-refractivity contribution >= 4 is 0 Å². The van der Waals surface area contributed by atoms with Gasteiger partial charge in [0.05, 0.1) is 17.0 Å². The Hall–Kier alpha value is -2.37. The van der Waals surface area contributed by atoms with Crippen molar-refractivity contribution in [1.82, 2.24) is 15.0 Å². The molecule has 6 heteroatoms. The lowest BCUT2D eigenvalue weighted by atomic mass is 10.1. The summed E-state index contributed by atoms with van der Waals surface area (Å²) in [6, 6.07) is 6.74. The molecule has 98 valence electrons. The Morgan fingerprint density at radius 1 is 0.842 bits per heavy atom. The van der Waals surface area contributed by atoms with Gasteiger partial charge < -0.3 is 15.0 Å². The maximum absolute atomic E-state index is 13.1. The molecule has 3 aromatic heterocycles. The summed E-state index contributed by atoms with van der Waals surface area (Å²) < 4.78 is 39.2. The second kappa shape index (κ2) is 4.08. The largest absolute Gasteiger partial charge is 0.418 e. The van der Waals surface area contributed by atoms with E-state index in [4.69, 9.17) is 0 Å². The summed E-state index contributed by atoms with van der Waals surface area (Å²) in [5, 5.41) is 0. The topological polar surface area (TPSA) is 47.4 Å². The SMILES string of the molecule is FC(F)(F)c1c[nH]c(-c2ccc[nH]2)c1-c1ccc[nH]1. The van der Waals surface area contributed by atoms with E-state index in [1.54, 1.807) is 36.7 Å². The quantitative estimate of drug-likeness (QED) is 0.626. The van der Waals surface area contributed by atoms with E-state index in [2.05, 4.69) is 15.0 Å². The molecule has 0 amide bonds. The fraction of sp³-hybridized carbons (Fsp3) is 0.0769. The number of hydrogen-bond acceptors (Lipinski definition) is 0. The van der Waals surface area contributed by atoms with Crippen LogP contribution in [0.3, 0.4) is 0 Å². The molecule has 0 atom stereocenters. The molecule has 19 heavy (non-hydrogen) atoms. The van der Waals surface area contributed by atoms with Crippen LogP contribution in [0, 0.1) is 0 Å². The molecule has 0 spiro atoms. The summed E-state index contributed by atoms with van der Waals surface area (Å²) in [6.07, 6.45) is -0.142. The summed E-state index contributed by atoms with van der Waals surface area (Å²) in [5.74, 6) is 0. The van der Waals surface area contributed by atoms with Crippen molar-refractivity contribution in [3.8, 4) is 22.6 Å². The molecular formula is C13H10F3N3. The van der Waals surface area contributed by atoms with Crippen LogP contribution in [0.4, 0.5) is 13.2 Å². The number of hydrogen-bond donors (Lipinski definition) is 3. The van der Waals surface area contributed by atoms with Gasteiger partial charge in [0.2, 0.25) is 0 Å². The van der Waals surface area contributed by atoms with Crippen molar-refractivity contribution in [2.75, 3.05) is 0 Å². The third-order valence-electron chi connectivity index (χ3n) is 2.92. The van der Waals surface area contributed by atoms with Gasteiger partial charge in [-0.3, -0.25) is 0 Å². The lowest BCUT2D eigenvalue weighted by molar-refractivity contribution is -0.137. The van der Waals surface area contributed by atoms with Gasteiger partial charge in [0.1, 0.15) is 0 Å². The first kappa shape index (κ1) is 11.7. The lowest BCUT2D eigenvalue weighted by Crippen LogP contribution is -2.05. The third-order valence-corrected chi connectivity index (χ3v) is 2.92. The molecule has 3 N–H and O–H groups in total. The van der Waals surface area contributed by atoms with Gasteiger partial charge in [0.15, 0.2) is 0 Å². The van der Waals surface area contributed by atoms with Crippen LogP contribution in [0.25, 0.3) is 22.6 Å². The van der Waals surface area contributed by atoms with E-state index in [0.717, 1.165) is 6.20 Å². The van der Waals surface area contributed by atoms with Gasteiger partial charge in [-0.2, -0.15) is 13.2 Å². The van der Waals surface area contributed by atoms with Crippen LogP contribution in [-0.2, 0) is 6.18 Å². The minimum absolute atomic E-state index is 0.125. The van der Waals surface area contributed by atoms with Crippen LogP contribution in [0.5, 0.6) is 0 Å². The lowest BCUT2D eigenvalue weighted by Gasteiger charge is -2.08. The second-order valence-electron chi connectivity index (χ2n) is 4.12. The van der Waals surface area contributed by atoms with E-state index in [-0.39, 0.29) is 5.56 Å². The molecule has 0 aromatic carbocycles. The average molecular weight is 265 g/mol. The number of rotatable bonds is 2. The summed E-state index contributed by atoms with van der Waals surface area (Å²) >= 11 is 0. The molecule has 3 rings (SSSR count). The van der Waals surface area contributed by atoms with Crippen LogP contribution in [0.1, 0.15) is 5.56 Å². The van der Waals surface area contributed by atoms with Gasteiger partial charge in [-0.1, -0.05) is 0 Å². The Morgan fingerprint density at radius 3 is 2.00 bits per heavy atom. The molecule has 3 heterocycles. The van der Waals surface area contributed by atoms with Gasteiger partial charge in [0, 0.05) is 29.8 Å². The van der Waals surface area contributed by atoms with Crippen LogP contribution in [0.2, 0.25) is 0 Å². The summed E-state index contributed by atoms with van der Waals surface area (Å²) in [6.45, 7) is 0. The van der Waals surface area contributed by atoms with E-state index in [0.29, 0.717) is 17.1 Å². The Morgan fingerprint density at radius 2 is 1.47 bits per heavy atom. The maximum Gasteiger partial charge on any atom is 0.418 e. The van der Waals surface area contributed by atoms with Crippen molar-refractivity contribution in [3.63, 3.8) is 0 Å². The van der Waals surface area contributed by atoms with E-state index >= 15 is 0 Å². The second-order valence-corrected chi connectivity index (χ2v) is 4.12. The molecule has 0 bridgehead atoms. The standard InChI is InChI=1S/C13H10F3N3/c14-13(15,16)8-7-19-12(10-4-2-6-18-10)11(8)9-3-1-5-17-9/h1-7,17-19H. The summed E-state index contributed by atoms with van der Waals surface area (Å²) in [5.41, 5.74) is 0.901. The third kappa shape index (κ3) is 1.95. The Kier molecular flexibility index (Phi) is 2.51. The minimum Gasteiger partial charge on any atom is -0.361 e. The average Bonchev–Trinajstić information content (AvgIpc) is 3.09. The van der Waals surface area contributed by atoms with Crippen molar-refractivity contribution < 1.29 is 13.2 Å². The van der Waals surface area contributed by atoms with Crippen molar-refractivity contribution in [3.05, 3.63) is 48.4 Å². The molecule has 0 saturated carbocycles. The highest BCUT2D eigenvalue weighted by Crippen LogP contribution is 2.41. The highest BCUT2D eigenvalue weighted by Gasteiger charge is 2.36. The van der Waals surface area contributed by atoms with E-state index in [1.165, 1.54) is 0 Å². The van der Waals surface area contributed by atoms with Crippen LogP contribution >= 0.6 is 0 Å². The minimum atomic E-state index is -4.40. The summed E-state index contributed by atoms with van der Waals surface area (Å²) in [7, 11) is 0. The highest BCUT2D eigenvalue weighted by atomic mass is 19.4. The first-order valence-corrected chi connectivity index (χ1v) is 5.63. The molecule has 0 unspecified atom stereocenters. The Bertz CT molecular complexity index is 661. The predicted octanol–water partition coefficient (Wildman–Crippen LogP) is 4.02. The van der Waals surface area contributed by atoms with Crippen LogP contribution < -0.4 is 0 Å². The van der Waals surface area contributed by atoms with Crippen LogP contribution in [-0.4, -0.2) is 15.0 Å². The van der Waals surface area contributed by atoms with Gasteiger partial charge in [-0.05, 0) is 24.3 Å². The highest BCUT2D eigenvalue weighted by molar-refractivity contribution is 5.81. The van der Waals surface area contributed by atoms with Crippen molar-refractivity contribution in [2.45, 2.75) is 6.18 Å². The smallest absolute Gasteiger partial charge is 0.361 e. The first-order chi connectivity index (χ1) is 9.07. The maximum atomic E-state index is 13.1. The zero-order valence-electron chi connectivity index (χ0n) is 9.68. The van der Waals surface area contributed by atoms with Gasteiger partial charge in [-0.25, -0.2) is 0 Å². The monoisotopic (exact) mass is 265 g/mol. The van der Waals surface area contributed by atoms with E-state index in [9.17, 15) is 13.2 Å². The van der Waals surface area contributed by atoms with Gasteiger partial charge in [0.25, 0.3) is 0 Å². The molecule has 0 aliphatic heterocycles. The molecule has 3 nitrogen and oxygen atoms in total. The Balaban J connectivity index is 2.25. The molecule has 0 radical (unpaired) electrons. The molecule has 0 saturated heterocycles. The fourth-order valence-electron chi connectivity index (χ4n) is 2.11. The fourth-order valence-corrected chi connectivity index (χ4v) is 2.11. The first-order valence-electron chi connectivity index (χ1n) is 5.63. The normalized spacial score (nSPS) is 11.9. The number of aromatic amines is 3. The van der Waals surface area contributed by atoms with E-state index < -0.39 is 11.7 Å². The molecule has 0 aliphatic rings. The van der Waals surface area contributed by atoms with Gasteiger partial charge in [-0.15, -0.1) is 0 Å². The number of alkyl halides is 3. The van der Waals surface area contributed by atoms with Gasteiger partial charge >= 0.3 is 6.18 Å². The zero-order chi connectivity index (χ0) is 13.5. The zero-order valence-corrected chi connectivity index (χ0v) is 9.68. The number of aromatic nitrogens is 3. The van der Waals surface area contributed by atoms with Crippen molar-refractivity contribution in [2.24, 2.45) is 0 Å². The molecule has 0 aliphatic carbocycles. The molecular weight excluding hydrogens is 255 g/mol. The van der Waals surface area contributed by atoms with E-state index in [1.807, 2.05) is 0 Å².